The Hall–Kier alpha value is -1.40. The Bertz CT molecular complexity index is 539. The molecular weight excluding hydrogens is 314 g/mol. The lowest BCUT2D eigenvalue weighted by molar-refractivity contribution is 0.100. The van der Waals surface area contributed by atoms with Crippen LogP contribution in [0.2, 0.25) is 5.28 Å². The van der Waals surface area contributed by atoms with E-state index in [9.17, 15) is 4.79 Å². The number of nitrogens with one attached hydrogen (secondary N) is 1. The molecule has 0 saturated carbocycles. The molecule has 2 heterocycles. The topological polar surface area (TPSA) is 84.1 Å². The van der Waals surface area contributed by atoms with E-state index in [4.69, 9.17) is 17.3 Å². The lowest BCUT2D eigenvalue weighted by Gasteiger charge is -2.28. The summed E-state index contributed by atoms with van der Waals surface area (Å²) in [6.07, 6.45) is 6.96. The Morgan fingerprint density at radius 3 is 3.00 bits per heavy atom. The van der Waals surface area contributed by atoms with Crippen LogP contribution in [0, 0.1) is 0 Å². The molecule has 2 atom stereocenters. The summed E-state index contributed by atoms with van der Waals surface area (Å²) in [6.45, 7) is 6.61. The molecule has 6 nitrogen and oxygen atoms in total. The molecule has 7 heteroatoms. The van der Waals surface area contributed by atoms with Crippen LogP contribution in [0.5, 0.6) is 0 Å². The van der Waals surface area contributed by atoms with Gasteiger partial charge in [0.05, 0.1) is 5.56 Å². The fraction of sp³-hybridized carbons (Fsp3) is 0.688. The first kappa shape index (κ1) is 17.9. The quantitative estimate of drug-likeness (QED) is 0.711. The van der Waals surface area contributed by atoms with Crippen molar-refractivity contribution in [3.63, 3.8) is 0 Å². The monoisotopic (exact) mass is 339 g/mol. The van der Waals surface area contributed by atoms with Crippen LogP contribution < -0.4 is 11.1 Å². The minimum atomic E-state index is -0.546. The van der Waals surface area contributed by atoms with Gasteiger partial charge in [0.2, 0.25) is 5.28 Å². The molecule has 0 unspecified atom stereocenters. The fourth-order valence-corrected chi connectivity index (χ4v) is 3.48. The van der Waals surface area contributed by atoms with Crippen LogP contribution in [0.25, 0.3) is 0 Å². The van der Waals surface area contributed by atoms with Gasteiger partial charge < -0.3 is 16.0 Å². The molecule has 0 spiro atoms. The Morgan fingerprint density at radius 2 is 2.35 bits per heavy atom. The van der Waals surface area contributed by atoms with Gasteiger partial charge in [-0.15, -0.1) is 0 Å². The van der Waals surface area contributed by atoms with Crippen molar-refractivity contribution in [1.29, 1.82) is 0 Å². The van der Waals surface area contributed by atoms with Crippen LogP contribution >= 0.6 is 11.6 Å². The molecule has 1 saturated heterocycles. The SMILES string of the molecule is CCC[C@@H](C[C@@H]1CCCN1CC)Nc1nc(Cl)ncc1C(N)=O. The van der Waals surface area contributed by atoms with E-state index in [1.54, 1.807) is 0 Å². The number of anilines is 1. The molecule has 1 aromatic rings. The maximum atomic E-state index is 11.6. The smallest absolute Gasteiger partial charge is 0.254 e. The molecule has 23 heavy (non-hydrogen) atoms. The van der Waals surface area contributed by atoms with Crippen molar-refractivity contribution in [3.05, 3.63) is 17.0 Å². The number of primary amides is 1. The zero-order chi connectivity index (χ0) is 16.8. The maximum absolute atomic E-state index is 11.6. The second-order valence-electron chi connectivity index (χ2n) is 6.06. The summed E-state index contributed by atoms with van der Waals surface area (Å²) >= 11 is 5.88. The summed E-state index contributed by atoms with van der Waals surface area (Å²) in [6, 6.07) is 0.819. The number of aromatic nitrogens is 2. The third-order valence-electron chi connectivity index (χ3n) is 4.46. The fourth-order valence-electron chi connectivity index (χ4n) is 3.35. The van der Waals surface area contributed by atoms with E-state index in [2.05, 4.69) is 34.0 Å². The van der Waals surface area contributed by atoms with Crippen molar-refractivity contribution in [3.8, 4) is 0 Å². The molecule has 0 aliphatic carbocycles. The molecule has 3 N–H and O–H groups in total. The predicted octanol–water partition coefficient (Wildman–Crippen LogP) is 2.68. The van der Waals surface area contributed by atoms with Crippen LogP contribution in [0.4, 0.5) is 5.82 Å². The van der Waals surface area contributed by atoms with Crippen LogP contribution in [0.3, 0.4) is 0 Å². The summed E-state index contributed by atoms with van der Waals surface area (Å²) in [7, 11) is 0. The lowest BCUT2D eigenvalue weighted by Crippen LogP contribution is -2.35. The van der Waals surface area contributed by atoms with Gasteiger partial charge in [-0.1, -0.05) is 20.3 Å². The molecule has 1 aliphatic heterocycles. The van der Waals surface area contributed by atoms with Crippen molar-refractivity contribution in [1.82, 2.24) is 14.9 Å². The second kappa shape index (κ2) is 8.45. The Morgan fingerprint density at radius 1 is 1.57 bits per heavy atom. The number of amides is 1. The van der Waals surface area contributed by atoms with E-state index in [-0.39, 0.29) is 16.9 Å². The molecule has 1 amide bonds. The molecule has 0 radical (unpaired) electrons. The first-order valence-electron chi connectivity index (χ1n) is 8.38. The van der Waals surface area contributed by atoms with Gasteiger partial charge in [-0.2, -0.15) is 4.98 Å². The minimum Gasteiger partial charge on any atom is -0.366 e. The summed E-state index contributed by atoms with van der Waals surface area (Å²) < 4.78 is 0. The van der Waals surface area contributed by atoms with Crippen LogP contribution in [-0.4, -0.2) is 45.9 Å². The van der Waals surface area contributed by atoms with Gasteiger partial charge in [0, 0.05) is 18.3 Å². The molecule has 1 aliphatic rings. The van der Waals surface area contributed by atoms with Crippen LogP contribution in [-0.2, 0) is 0 Å². The van der Waals surface area contributed by atoms with Gasteiger partial charge in [0.15, 0.2) is 0 Å². The van der Waals surface area contributed by atoms with Gasteiger partial charge in [-0.3, -0.25) is 4.79 Å². The minimum absolute atomic E-state index is 0.115. The third kappa shape index (κ3) is 4.78. The van der Waals surface area contributed by atoms with Crippen molar-refractivity contribution < 1.29 is 4.79 Å². The molecule has 1 fully saturated rings. The summed E-state index contributed by atoms with van der Waals surface area (Å²) in [5, 5.41) is 3.49. The number of halogens is 1. The number of rotatable bonds is 8. The Kier molecular flexibility index (Phi) is 6.59. The number of nitrogens with two attached hydrogens (primary N) is 1. The average molecular weight is 340 g/mol. The van der Waals surface area contributed by atoms with E-state index >= 15 is 0 Å². The van der Waals surface area contributed by atoms with Gasteiger partial charge >= 0.3 is 0 Å². The summed E-state index contributed by atoms with van der Waals surface area (Å²) in [4.78, 5) is 22.1. The van der Waals surface area contributed by atoms with Gasteiger partial charge in [0.25, 0.3) is 5.91 Å². The average Bonchev–Trinajstić information content (AvgIpc) is 2.94. The molecule has 0 bridgehead atoms. The van der Waals surface area contributed by atoms with Crippen LogP contribution in [0.15, 0.2) is 6.20 Å². The molecule has 0 aromatic carbocycles. The number of hydrogen-bond acceptors (Lipinski definition) is 5. The van der Waals surface area contributed by atoms with E-state index in [1.807, 2.05) is 0 Å². The van der Waals surface area contributed by atoms with E-state index < -0.39 is 5.91 Å². The molecule has 128 valence electrons. The number of carbonyl (C=O) groups is 1. The number of hydrogen-bond donors (Lipinski definition) is 2. The lowest BCUT2D eigenvalue weighted by atomic mass is 10.0. The highest BCUT2D eigenvalue weighted by molar-refractivity contribution is 6.28. The first-order chi connectivity index (χ1) is 11.0. The zero-order valence-corrected chi connectivity index (χ0v) is 14.6. The zero-order valence-electron chi connectivity index (χ0n) is 13.9. The van der Waals surface area contributed by atoms with Gasteiger partial charge in [-0.25, -0.2) is 4.98 Å². The van der Waals surface area contributed by atoms with Gasteiger partial charge in [-0.05, 0) is 50.4 Å². The Labute approximate surface area is 142 Å². The molecule has 2 rings (SSSR count). The molecular formula is C16H26ClN5O. The van der Waals surface area contributed by atoms with Crippen LogP contribution in [0.1, 0.15) is 56.3 Å². The number of nitrogens with zero attached hydrogens (tertiary/aromatic N) is 3. The standard InChI is InChI=1S/C16H26ClN5O/c1-3-6-11(9-12-7-5-8-22(12)4-2)20-15-13(14(18)23)10-19-16(17)21-15/h10-12H,3-9H2,1-2H3,(H2,18,23)(H,19,20,21)/t11-,12-/m0/s1. The van der Waals surface area contributed by atoms with Crippen molar-refractivity contribution in [2.45, 2.75) is 58.0 Å². The van der Waals surface area contributed by atoms with E-state index in [1.165, 1.54) is 25.6 Å². The predicted molar refractivity (Wildman–Crippen MR) is 92.8 cm³/mol. The number of likely N-dealkylation sites (tertiary alicyclic amines) is 1. The second-order valence-corrected chi connectivity index (χ2v) is 6.39. The van der Waals surface area contributed by atoms with Crippen molar-refractivity contribution in [2.75, 3.05) is 18.4 Å². The van der Waals surface area contributed by atoms with Crippen molar-refractivity contribution >= 4 is 23.3 Å². The molecule has 1 aromatic heterocycles. The first-order valence-corrected chi connectivity index (χ1v) is 8.75. The van der Waals surface area contributed by atoms with E-state index in [0.717, 1.165) is 25.8 Å². The summed E-state index contributed by atoms with van der Waals surface area (Å²) in [5.41, 5.74) is 5.70. The number of carbonyl (C=O) groups excluding carboxylic acids is 1. The van der Waals surface area contributed by atoms with E-state index in [0.29, 0.717) is 11.9 Å². The van der Waals surface area contributed by atoms with Gasteiger partial charge in [0.1, 0.15) is 5.82 Å². The maximum Gasteiger partial charge on any atom is 0.254 e. The van der Waals surface area contributed by atoms with Crippen molar-refractivity contribution in [2.24, 2.45) is 5.73 Å². The highest BCUT2D eigenvalue weighted by Crippen LogP contribution is 2.24. The highest BCUT2D eigenvalue weighted by atomic mass is 35.5. The largest absolute Gasteiger partial charge is 0.366 e. The normalized spacial score (nSPS) is 19.7. The third-order valence-corrected chi connectivity index (χ3v) is 4.65. The Balaban J connectivity index is 2.13. The summed E-state index contributed by atoms with van der Waals surface area (Å²) in [5.74, 6) is -0.104. The highest BCUT2D eigenvalue weighted by Gasteiger charge is 2.26.